The normalized spacial score (nSPS) is 19.9. The van der Waals surface area contributed by atoms with Gasteiger partial charge in [-0.05, 0) is 71.1 Å². The van der Waals surface area contributed by atoms with Crippen LogP contribution in [0.4, 0.5) is 20.5 Å². The van der Waals surface area contributed by atoms with Crippen LogP contribution in [0.1, 0.15) is 62.4 Å². The molecule has 4 rings (SSSR count). The Kier molecular flexibility index (Phi) is 8.44. The SMILES string of the molecule is CC=Cc1sc(-c2c(C)nc(NCc3c(F)cccc3F)nc2NC2CC(C(C)(C)O)CC2O)nc1CC. The Morgan fingerprint density at radius 2 is 1.87 bits per heavy atom. The van der Waals surface area contributed by atoms with E-state index < -0.39 is 23.3 Å². The van der Waals surface area contributed by atoms with Gasteiger partial charge in [-0.15, -0.1) is 11.3 Å². The van der Waals surface area contributed by atoms with Gasteiger partial charge >= 0.3 is 0 Å². The van der Waals surface area contributed by atoms with Crippen molar-refractivity contribution in [3.05, 3.63) is 57.7 Å². The Labute approximate surface area is 226 Å². The molecule has 0 amide bonds. The second-order valence-corrected chi connectivity index (χ2v) is 11.3. The predicted molar refractivity (Wildman–Crippen MR) is 148 cm³/mol. The number of aromatic nitrogens is 3. The number of allylic oxidation sites excluding steroid dienone is 1. The van der Waals surface area contributed by atoms with Crippen LogP contribution in [0.5, 0.6) is 0 Å². The van der Waals surface area contributed by atoms with Crippen LogP contribution in [0.15, 0.2) is 24.3 Å². The first-order valence-electron chi connectivity index (χ1n) is 12.9. The zero-order valence-electron chi connectivity index (χ0n) is 22.3. The summed E-state index contributed by atoms with van der Waals surface area (Å²) in [7, 11) is 0. The Morgan fingerprint density at radius 3 is 2.47 bits per heavy atom. The molecule has 3 atom stereocenters. The molecule has 3 unspecified atom stereocenters. The molecule has 1 fully saturated rings. The highest BCUT2D eigenvalue weighted by Crippen LogP contribution is 2.39. The van der Waals surface area contributed by atoms with Crippen LogP contribution in [0.3, 0.4) is 0 Å². The summed E-state index contributed by atoms with van der Waals surface area (Å²) in [4.78, 5) is 15.2. The van der Waals surface area contributed by atoms with E-state index in [0.717, 1.165) is 22.0 Å². The maximum absolute atomic E-state index is 14.2. The van der Waals surface area contributed by atoms with E-state index in [2.05, 4.69) is 27.5 Å². The fourth-order valence-corrected chi connectivity index (χ4v) is 6.03. The topological polar surface area (TPSA) is 103 Å². The van der Waals surface area contributed by atoms with Crippen LogP contribution in [0.25, 0.3) is 16.6 Å². The number of hydrogen-bond acceptors (Lipinski definition) is 8. The molecule has 4 N–H and O–H groups in total. The third kappa shape index (κ3) is 6.03. The largest absolute Gasteiger partial charge is 0.391 e. The van der Waals surface area contributed by atoms with Crippen molar-refractivity contribution in [2.24, 2.45) is 5.92 Å². The summed E-state index contributed by atoms with van der Waals surface area (Å²) in [5.41, 5.74) is 1.28. The van der Waals surface area contributed by atoms with Gasteiger partial charge in [-0.25, -0.2) is 18.7 Å². The summed E-state index contributed by atoms with van der Waals surface area (Å²) in [6, 6.07) is 3.38. The van der Waals surface area contributed by atoms with Gasteiger partial charge in [-0.3, -0.25) is 0 Å². The van der Waals surface area contributed by atoms with Gasteiger partial charge < -0.3 is 20.8 Å². The molecule has 1 aromatic carbocycles. The second-order valence-electron chi connectivity index (χ2n) is 10.2. The van der Waals surface area contributed by atoms with Crippen molar-refractivity contribution in [3.8, 4) is 10.6 Å². The molecule has 0 radical (unpaired) electrons. The third-order valence-electron chi connectivity index (χ3n) is 7.02. The number of aryl methyl sites for hydroxylation is 2. The lowest BCUT2D eigenvalue weighted by Crippen LogP contribution is -2.30. The maximum Gasteiger partial charge on any atom is 0.225 e. The highest BCUT2D eigenvalue weighted by atomic mass is 32.1. The minimum absolute atomic E-state index is 0.0872. The van der Waals surface area contributed by atoms with Gasteiger partial charge in [0.1, 0.15) is 22.5 Å². The van der Waals surface area contributed by atoms with Gasteiger partial charge in [-0.1, -0.05) is 19.1 Å². The molecule has 204 valence electrons. The molecular formula is C28H35F2N5O2S. The zero-order valence-corrected chi connectivity index (χ0v) is 23.2. The van der Waals surface area contributed by atoms with Crippen molar-refractivity contribution in [2.75, 3.05) is 10.6 Å². The van der Waals surface area contributed by atoms with Crippen molar-refractivity contribution in [2.45, 2.75) is 78.2 Å². The predicted octanol–water partition coefficient (Wildman–Crippen LogP) is 5.72. The number of nitrogens with one attached hydrogen (secondary N) is 2. The van der Waals surface area contributed by atoms with Crippen molar-refractivity contribution in [3.63, 3.8) is 0 Å². The van der Waals surface area contributed by atoms with Gasteiger partial charge in [0.15, 0.2) is 0 Å². The first-order valence-corrected chi connectivity index (χ1v) is 13.7. The van der Waals surface area contributed by atoms with E-state index in [-0.39, 0.29) is 30.0 Å². The number of benzene rings is 1. The van der Waals surface area contributed by atoms with Crippen LogP contribution in [0.2, 0.25) is 0 Å². The first kappa shape index (κ1) is 28.1. The summed E-state index contributed by atoms with van der Waals surface area (Å²) in [6.45, 7) is 9.22. The summed E-state index contributed by atoms with van der Waals surface area (Å²) in [5.74, 6) is -0.720. The van der Waals surface area contributed by atoms with Crippen LogP contribution in [0, 0.1) is 24.5 Å². The monoisotopic (exact) mass is 543 g/mol. The van der Waals surface area contributed by atoms with E-state index in [1.165, 1.54) is 29.5 Å². The number of hydrogen-bond donors (Lipinski definition) is 4. The molecule has 1 saturated carbocycles. The summed E-state index contributed by atoms with van der Waals surface area (Å²) >= 11 is 1.53. The molecule has 1 aliphatic carbocycles. The Balaban J connectivity index is 1.72. The molecule has 2 heterocycles. The molecule has 0 spiro atoms. The van der Waals surface area contributed by atoms with Crippen LogP contribution >= 0.6 is 11.3 Å². The molecule has 1 aliphatic rings. The van der Waals surface area contributed by atoms with Gasteiger partial charge in [0.2, 0.25) is 5.95 Å². The van der Waals surface area contributed by atoms with Crippen LogP contribution < -0.4 is 10.6 Å². The second kappa shape index (κ2) is 11.4. The van der Waals surface area contributed by atoms with Gasteiger partial charge in [-0.2, -0.15) is 4.98 Å². The molecule has 10 heteroatoms. The molecule has 3 aromatic rings. The molecule has 0 aliphatic heterocycles. The minimum atomic E-state index is -0.925. The number of nitrogens with zero attached hydrogens (tertiary/aromatic N) is 3. The van der Waals surface area contributed by atoms with E-state index >= 15 is 0 Å². The quantitative estimate of drug-likeness (QED) is 0.274. The number of aliphatic hydroxyl groups excluding tert-OH is 1. The fourth-order valence-electron chi connectivity index (χ4n) is 4.81. The summed E-state index contributed by atoms with van der Waals surface area (Å²) < 4.78 is 28.4. The number of thiazole rings is 1. The fraction of sp³-hybridized carbons (Fsp3) is 0.464. The average molecular weight is 544 g/mol. The molecule has 2 aromatic heterocycles. The van der Waals surface area contributed by atoms with Gasteiger partial charge in [0.25, 0.3) is 0 Å². The first-order chi connectivity index (χ1) is 18.0. The maximum atomic E-state index is 14.2. The van der Waals surface area contributed by atoms with E-state index in [1.54, 1.807) is 13.8 Å². The zero-order chi connectivity index (χ0) is 27.6. The Morgan fingerprint density at radius 1 is 1.16 bits per heavy atom. The van der Waals surface area contributed by atoms with Crippen molar-refractivity contribution in [1.29, 1.82) is 0 Å². The molecular weight excluding hydrogens is 508 g/mol. The van der Waals surface area contributed by atoms with Crippen molar-refractivity contribution >= 4 is 29.2 Å². The van der Waals surface area contributed by atoms with Crippen LogP contribution in [-0.4, -0.2) is 42.9 Å². The van der Waals surface area contributed by atoms with Crippen LogP contribution in [-0.2, 0) is 13.0 Å². The van der Waals surface area contributed by atoms with Crippen molar-refractivity contribution < 1.29 is 19.0 Å². The highest BCUT2D eigenvalue weighted by Gasteiger charge is 2.40. The number of halogens is 2. The van der Waals surface area contributed by atoms with Gasteiger partial charge in [0.05, 0.1) is 39.6 Å². The van der Waals surface area contributed by atoms with E-state index in [4.69, 9.17) is 4.98 Å². The standard InChI is InChI=1S/C28H35F2N5O2S/c1-6-9-23-20(7-2)34-26(38-23)24-15(3)32-27(31-14-17-18(29)10-8-11-19(17)30)35-25(24)33-21-12-16(13-22(21)36)28(4,5)37/h6,8-11,16,21-22,36-37H,7,12-14H2,1-5H3,(H2,31,32,33,35). The minimum Gasteiger partial charge on any atom is -0.391 e. The van der Waals surface area contributed by atoms with E-state index in [9.17, 15) is 19.0 Å². The van der Waals surface area contributed by atoms with E-state index in [1.807, 2.05) is 26.0 Å². The molecule has 7 nitrogen and oxygen atoms in total. The highest BCUT2D eigenvalue weighted by molar-refractivity contribution is 7.16. The molecule has 0 saturated heterocycles. The number of rotatable bonds is 9. The number of anilines is 2. The average Bonchev–Trinajstić information content (AvgIpc) is 3.42. The lowest BCUT2D eigenvalue weighted by molar-refractivity contribution is 0.0140. The van der Waals surface area contributed by atoms with Gasteiger partial charge in [0, 0.05) is 12.1 Å². The summed E-state index contributed by atoms with van der Waals surface area (Å²) in [5, 5.41) is 28.4. The van der Waals surface area contributed by atoms with E-state index in [0.29, 0.717) is 29.9 Å². The lowest BCUT2D eigenvalue weighted by atomic mass is 9.89. The molecule has 0 bridgehead atoms. The van der Waals surface area contributed by atoms with Crippen molar-refractivity contribution in [1.82, 2.24) is 15.0 Å². The Bertz CT molecular complexity index is 1300. The smallest absolute Gasteiger partial charge is 0.225 e. The Hall–Kier alpha value is -2.95. The number of aliphatic hydroxyl groups is 2. The summed E-state index contributed by atoms with van der Waals surface area (Å²) in [6.07, 6.45) is 5.09. The third-order valence-corrected chi connectivity index (χ3v) is 8.10. The molecule has 38 heavy (non-hydrogen) atoms. The lowest BCUT2D eigenvalue weighted by Gasteiger charge is -2.25.